The van der Waals surface area contributed by atoms with Crippen molar-refractivity contribution in [2.24, 2.45) is 0 Å². The Hall–Kier alpha value is -2.99. The van der Waals surface area contributed by atoms with Gasteiger partial charge in [-0.3, -0.25) is 9.78 Å². The second kappa shape index (κ2) is 7.72. The van der Waals surface area contributed by atoms with Crippen LogP contribution in [0.4, 0.5) is 11.5 Å². The van der Waals surface area contributed by atoms with Crippen LogP contribution in [0.15, 0.2) is 55.0 Å². The van der Waals surface area contributed by atoms with Gasteiger partial charge in [0.05, 0.1) is 24.6 Å². The van der Waals surface area contributed by atoms with Crippen molar-refractivity contribution in [1.82, 2.24) is 20.3 Å². The summed E-state index contributed by atoms with van der Waals surface area (Å²) in [5.41, 5.74) is 2.90. The average Bonchev–Trinajstić information content (AvgIpc) is 2.63. The first-order chi connectivity index (χ1) is 12.1. The summed E-state index contributed by atoms with van der Waals surface area (Å²) in [6, 6.07) is 11.1. The van der Waals surface area contributed by atoms with Crippen LogP contribution in [0.1, 0.15) is 21.7 Å². The highest BCUT2D eigenvalue weighted by Gasteiger charge is 2.08. The van der Waals surface area contributed by atoms with Gasteiger partial charge in [0.25, 0.3) is 5.91 Å². The Morgan fingerprint density at radius 2 is 2.00 bits per heavy atom. The van der Waals surface area contributed by atoms with E-state index in [0.29, 0.717) is 17.4 Å². The maximum atomic E-state index is 12.1. The summed E-state index contributed by atoms with van der Waals surface area (Å²) in [6.07, 6.45) is 4.63. The lowest BCUT2D eigenvalue weighted by Gasteiger charge is -2.09. The Labute approximate surface area is 150 Å². The van der Waals surface area contributed by atoms with E-state index in [-0.39, 0.29) is 11.6 Å². The first kappa shape index (κ1) is 16.9. The van der Waals surface area contributed by atoms with Gasteiger partial charge in [-0.25, -0.2) is 9.97 Å². The molecule has 0 bridgehead atoms. The SMILES string of the molecule is Cc1cc(Cl)ccc1Nc1cnc(C(=O)NCc2ccccn2)cn1. The molecule has 7 heteroatoms. The van der Waals surface area contributed by atoms with E-state index >= 15 is 0 Å². The van der Waals surface area contributed by atoms with Gasteiger partial charge in [-0.05, 0) is 42.8 Å². The third kappa shape index (κ3) is 4.51. The van der Waals surface area contributed by atoms with Crippen LogP contribution >= 0.6 is 11.6 Å². The van der Waals surface area contributed by atoms with Crippen LogP contribution in [-0.2, 0) is 6.54 Å². The number of aryl methyl sites for hydroxylation is 1. The molecule has 0 saturated carbocycles. The molecule has 0 fully saturated rings. The van der Waals surface area contributed by atoms with Crippen LogP contribution in [0.5, 0.6) is 0 Å². The van der Waals surface area contributed by atoms with Crippen LogP contribution in [0.25, 0.3) is 0 Å². The van der Waals surface area contributed by atoms with Crippen molar-refractivity contribution in [1.29, 1.82) is 0 Å². The first-order valence-electron chi connectivity index (χ1n) is 7.65. The standard InChI is InChI=1S/C18H16ClN5O/c1-12-8-13(19)5-6-15(12)24-17-11-21-16(10-22-17)18(25)23-9-14-4-2-3-7-20-14/h2-8,10-11H,9H2,1H3,(H,22,24)(H,23,25). The number of aromatic nitrogens is 3. The van der Waals surface area contributed by atoms with Gasteiger partial charge in [-0.15, -0.1) is 0 Å². The molecule has 2 N–H and O–H groups in total. The van der Waals surface area contributed by atoms with Crippen molar-refractivity contribution < 1.29 is 4.79 Å². The minimum atomic E-state index is -0.299. The molecule has 0 aliphatic carbocycles. The summed E-state index contributed by atoms with van der Waals surface area (Å²) >= 11 is 5.94. The number of pyridine rings is 1. The van der Waals surface area contributed by atoms with Crippen molar-refractivity contribution in [2.45, 2.75) is 13.5 Å². The molecule has 2 aromatic heterocycles. The summed E-state index contributed by atoms with van der Waals surface area (Å²) < 4.78 is 0. The molecule has 126 valence electrons. The Bertz CT molecular complexity index is 868. The van der Waals surface area contributed by atoms with Gasteiger partial charge in [0.2, 0.25) is 0 Å². The van der Waals surface area contributed by atoms with E-state index in [9.17, 15) is 4.79 Å². The van der Waals surface area contributed by atoms with Gasteiger partial charge in [-0.1, -0.05) is 17.7 Å². The smallest absolute Gasteiger partial charge is 0.271 e. The number of benzene rings is 1. The largest absolute Gasteiger partial charge is 0.345 e. The minimum Gasteiger partial charge on any atom is -0.345 e. The highest BCUT2D eigenvalue weighted by atomic mass is 35.5. The molecule has 3 aromatic rings. The van der Waals surface area contributed by atoms with Crippen molar-refractivity contribution in [3.8, 4) is 0 Å². The minimum absolute atomic E-state index is 0.245. The van der Waals surface area contributed by atoms with E-state index in [0.717, 1.165) is 16.9 Å². The molecule has 0 saturated heterocycles. The van der Waals surface area contributed by atoms with Crippen LogP contribution in [0.2, 0.25) is 5.02 Å². The van der Waals surface area contributed by atoms with Crippen molar-refractivity contribution in [3.63, 3.8) is 0 Å². The zero-order valence-electron chi connectivity index (χ0n) is 13.5. The third-order valence-corrected chi connectivity index (χ3v) is 3.73. The van der Waals surface area contributed by atoms with Gasteiger partial charge in [0.1, 0.15) is 11.5 Å². The van der Waals surface area contributed by atoms with E-state index < -0.39 is 0 Å². The molecule has 0 radical (unpaired) electrons. The number of hydrogen-bond acceptors (Lipinski definition) is 5. The quantitative estimate of drug-likeness (QED) is 0.733. The number of anilines is 2. The summed E-state index contributed by atoms with van der Waals surface area (Å²) in [4.78, 5) is 24.6. The second-order valence-corrected chi connectivity index (χ2v) is 5.81. The lowest BCUT2D eigenvalue weighted by atomic mass is 10.2. The number of hydrogen-bond donors (Lipinski definition) is 2. The fourth-order valence-corrected chi connectivity index (χ4v) is 2.41. The second-order valence-electron chi connectivity index (χ2n) is 5.37. The van der Waals surface area contributed by atoms with Gasteiger partial charge in [-0.2, -0.15) is 0 Å². The average molecular weight is 354 g/mol. The molecule has 3 rings (SSSR count). The summed E-state index contributed by atoms with van der Waals surface area (Å²) in [5.74, 6) is 0.249. The predicted molar refractivity (Wildman–Crippen MR) is 96.9 cm³/mol. The molecule has 0 atom stereocenters. The van der Waals surface area contributed by atoms with E-state index in [2.05, 4.69) is 25.6 Å². The molecular formula is C18H16ClN5O. The Kier molecular flexibility index (Phi) is 5.20. The fraction of sp³-hybridized carbons (Fsp3) is 0.111. The van der Waals surface area contributed by atoms with Crippen LogP contribution in [0, 0.1) is 6.92 Å². The van der Waals surface area contributed by atoms with E-state index in [1.807, 2.05) is 37.3 Å². The molecule has 0 aliphatic rings. The predicted octanol–water partition coefficient (Wildman–Crippen LogP) is 3.51. The summed E-state index contributed by atoms with van der Waals surface area (Å²) in [5, 5.41) is 6.59. The highest BCUT2D eigenvalue weighted by molar-refractivity contribution is 6.30. The number of carbonyl (C=O) groups is 1. The topological polar surface area (TPSA) is 79.8 Å². The van der Waals surface area contributed by atoms with Crippen LogP contribution < -0.4 is 10.6 Å². The molecule has 1 aromatic carbocycles. The maximum Gasteiger partial charge on any atom is 0.271 e. The number of amides is 1. The van der Waals surface area contributed by atoms with Crippen LogP contribution in [-0.4, -0.2) is 20.9 Å². The lowest BCUT2D eigenvalue weighted by Crippen LogP contribution is -2.24. The molecule has 6 nitrogen and oxygen atoms in total. The Morgan fingerprint density at radius 3 is 2.68 bits per heavy atom. The van der Waals surface area contributed by atoms with Crippen molar-refractivity contribution >= 4 is 29.0 Å². The lowest BCUT2D eigenvalue weighted by molar-refractivity contribution is 0.0945. The number of rotatable bonds is 5. The van der Waals surface area contributed by atoms with Crippen molar-refractivity contribution in [2.75, 3.05) is 5.32 Å². The Balaban J connectivity index is 1.62. The van der Waals surface area contributed by atoms with Crippen LogP contribution in [0.3, 0.4) is 0 Å². The zero-order chi connectivity index (χ0) is 17.6. The number of nitrogens with one attached hydrogen (secondary N) is 2. The molecule has 0 spiro atoms. The summed E-state index contributed by atoms with van der Waals surface area (Å²) in [6.45, 7) is 2.28. The van der Waals surface area contributed by atoms with Crippen molar-refractivity contribution in [3.05, 3.63) is 77.0 Å². The number of halogens is 1. The van der Waals surface area contributed by atoms with E-state index in [1.165, 1.54) is 12.4 Å². The highest BCUT2D eigenvalue weighted by Crippen LogP contribution is 2.22. The third-order valence-electron chi connectivity index (χ3n) is 3.49. The Morgan fingerprint density at radius 1 is 1.12 bits per heavy atom. The molecular weight excluding hydrogens is 338 g/mol. The number of carbonyl (C=O) groups excluding carboxylic acids is 1. The monoisotopic (exact) mass is 353 g/mol. The molecule has 1 amide bonds. The van der Waals surface area contributed by atoms with E-state index in [4.69, 9.17) is 11.6 Å². The first-order valence-corrected chi connectivity index (χ1v) is 8.03. The van der Waals surface area contributed by atoms with Gasteiger partial charge < -0.3 is 10.6 Å². The number of nitrogens with zero attached hydrogens (tertiary/aromatic N) is 3. The normalized spacial score (nSPS) is 10.3. The van der Waals surface area contributed by atoms with Gasteiger partial charge in [0, 0.05) is 16.9 Å². The van der Waals surface area contributed by atoms with Gasteiger partial charge >= 0.3 is 0 Å². The maximum absolute atomic E-state index is 12.1. The summed E-state index contributed by atoms with van der Waals surface area (Å²) in [7, 11) is 0. The zero-order valence-corrected chi connectivity index (χ0v) is 14.3. The molecule has 25 heavy (non-hydrogen) atoms. The molecule has 0 unspecified atom stereocenters. The molecule has 0 aliphatic heterocycles. The molecule has 2 heterocycles. The fourth-order valence-electron chi connectivity index (χ4n) is 2.18. The van der Waals surface area contributed by atoms with Gasteiger partial charge in [0.15, 0.2) is 0 Å². The van der Waals surface area contributed by atoms with E-state index in [1.54, 1.807) is 12.3 Å².